The van der Waals surface area contributed by atoms with Gasteiger partial charge in [0.25, 0.3) is 0 Å². The van der Waals surface area contributed by atoms with Crippen molar-refractivity contribution in [3.8, 4) is 0 Å². The van der Waals surface area contributed by atoms with Gasteiger partial charge in [0, 0.05) is 12.8 Å². The van der Waals surface area contributed by atoms with E-state index in [4.69, 9.17) is 4.74 Å². The van der Waals surface area contributed by atoms with E-state index in [1.807, 2.05) is 23.8 Å². The molecule has 0 saturated carbocycles. The van der Waals surface area contributed by atoms with E-state index in [0.29, 0.717) is 13.3 Å². The van der Waals surface area contributed by atoms with E-state index in [1.165, 1.54) is 12.1 Å². The number of fused-ring (bicyclic) bond motifs is 1. The molecule has 0 atom stereocenters. The third-order valence-electron chi connectivity index (χ3n) is 2.17. The monoisotopic (exact) mass is 193 g/mol. The van der Waals surface area contributed by atoms with E-state index >= 15 is 0 Å². The Morgan fingerprint density at radius 3 is 3.00 bits per heavy atom. The zero-order valence-corrected chi connectivity index (χ0v) is 8.03. The van der Waals surface area contributed by atoms with Crippen LogP contribution in [0.1, 0.15) is 6.92 Å². The average molecular weight is 193 g/mol. The first-order valence-corrected chi connectivity index (χ1v) is 4.63. The molecule has 0 fully saturated rings. The fraction of sp³-hybridized carbons (Fsp3) is 0.273. The first-order valence-electron chi connectivity index (χ1n) is 4.63. The summed E-state index contributed by atoms with van der Waals surface area (Å²) in [5.41, 5.74) is 0.874. The van der Waals surface area contributed by atoms with E-state index in [9.17, 15) is 4.39 Å². The molecule has 0 aliphatic rings. The molecule has 0 aliphatic carbocycles. The van der Waals surface area contributed by atoms with E-state index in [2.05, 4.69) is 0 Å². The summed E-state index contributed by atoms with van der Waals surface area (Å²) < 4.78 is 20.1. The van der Waals surface area contributed by atoms with Crippen molar-refractivity contribution in [3.05, 3.63) is 36.3 Å². The molecule has 74 valence electrons. The van der Waals surface area contributed by atoms with Crippen LogP contribution in [0, 0.1) is 5.82 Å². The van der Waals surface area contributed by atoms with Crippen molar-refractivity contribution >= 4 is 10.9 Å². The van der Waals surface area contributed by atoms with Gasteiger partial charge in [-0.3, -0.25) is 0 Å². The van der Waals surface area contributed by atoms with Crippen LogP contribution in [0.2, 0.25) is 0 Å². The Balaban J connectivity index is 2.40. The van der Waals surface area contributed by atoms with Crippen molar-refractivity contribution in [1.82, 2.24) is 4.57 Å². The molecule has 0 unspecified atom stereocenters. The van der Waals surface area contributed by atoms with Crippen LogP contribution < -0.4 is 0 Å². The van der Waals surface area contributed by atoms with Crippen molar-refractivity contribution in [2.75, 3.05) is 6.61 Å². The Bertz CT molecular complexity index is 436. The minimum atomic E-state index is -0.214. The lowest BCUT2D eigenvalue weighted by Gasteiger charge is -2.04. The highest BCUT2D eigenvalue weighted by molar-refractivity contribution is 5.79. The molecule has 2 aromatic rings. The van der Waals surface area contributed by atoms with Crippen LogP contribution in [0.3, 0.4) is 0 Å². The number of ether oxygens (including phenoxy) is 1. The van der Waals surface area contributed by atoms with Gasteiger partial charge in [-0.25, -0.2) is 4.39 Å². The van der Waals surface area contributed by atoms with Gasteiger partial charge in [0.05, 0.1) is 5.52 Å². The van der Waals surface area contributed by atoms with Crippen molar-refractivity contribution in [2.24, 2.45) is 0 Å². The van der Waals surface area contributed by atoms with Gasteiger partial charge in [0.15, 0.2) is 0 Å². The van der Waals surface area contributed by atoms with Gasteiger partial charge in [-0.2, -0.15) is 0 Å². The number of hydrogen-bond donors (Lipinski definition) is 0. The highest BCUT2D eigenvalue weighted by Crippen LogP contribution is 2.16. The molecule has 1 aromatic carbocycles. The van der Waals surface area contributed by atoms with Crippen LogP contribution in [-0.4, -0.2) is 11.2 Å². The molecule has 2 nitrogen and oxygen atoms in total. The molecule has 2 rings (SSSR count). The number of aromatic nitrogens is 1. The Morgan fingerprint density at radius 2 is 2.21 bits per heavy atom. The molecule has 0 amide bonds. The second kappa shape index (κ2) is 3.80. The van der Waals surface area contributed by atoms with Crippen LogP contribution in [-0.2, 0) is 11.5 Å². The maximum atomic E-state index is 13.0. The minimum absolute atomic E-state index is 0.214. The molecule has 0 bridgehead atoms. The van der Waals surface area contributed by atoms with Gasteiger partial charge >= 0.3 is 0 Å². The number of halogens is 1. The normalized spacial score (nSPS) is 11.0. The predicted octanol–water partition coefficient (Wildman–Crippen LogP) is 2.77. The first-order chi connectivity index (χ1) is 6.81. The Labute approximate surface area is 81.9 Å². The van der Waals surface area contributed by atoms with Gasteiger partial charge in [-0.15, -0.1) is 0 Å². The quantitative estimate of drug-likeness (QED) is 0.731. The van der Waals surface area contributed by atoms with Crippen molar-refractivity contribution in [1.29, 1.82) is 0 Å². The molecule has 1 heterocycles. The summed E-state index contributed by atoms with van der Waals surface area (Å²) in [6.07, 6.45) is 1.90. The smallest absolute Gasteiger partial charge is 0.125 e. The fourth-order valence-corrected chi connectivity index (χ4v) is 1.46. The molecule has 14 heavy (non-hydrogen) atoms. The number of hydrogen-bond acceptors (Lipinski definition) is 1. The SMILES string of the molecule is CCOCn1ccc2ccc(F)cc21. The van der Waals surface area contributed by atoms with Crippen LogP contribution in [0.15, 0.2) is 30.5 Å². The summed E-state index contributed by atoms with van der Waals surface area (Å²) in [6, 6.07) is 6.71. The highest BCUT2D eigenvalue weighted by Gasteiger charge is 2.01. The minimum Gasteiger partial charge on any atom is -0.361 e. The maximum absolute atomic E-state index is 13.0. The Kier molecular flexibility index (Phi) is 2.50. The van der Waals surface area contributed by atoms with Crippen LogP contribution in [0.5, 0.6) is 0 Å². The van der Waals surface area contributed by atoms with E-state index in [-0.39, 0.29) is 5.82 Å². The highest BCUT2D eigenvalue weighted by atomic mass is 19.1. The summed E-state index contributed by atoms with van der Waals surface area (Å²) in [6.45, 7) is 3.07. The molecule has 3 heteroatoms. The summed E-state index contributed by atoms with van der Waals surface area (Å²) in [4.78, 5) is 0. The molecule has 1 aromatic heterocycles. The third-order valence-corrected chi connectivity index (χ3v) is 2.17. The summed E-state index contributed by atoms with van der Waals surface area (Å²) in [5, 5.41) is 1.03. The van der Waals surface area contributed by atoms with Gasteiger partial charge in [-0.1, -0.05) is 0 Å². The summed E-state index contributed by atoms with van der Waals surface area (Å²) >= 11 is 0. The predicted molar refractivity (Wildman–Crippen MR) is 53.5 cm³/mol. The van der Waals surface area contributed by atoms with Gasteiger partial charge in [-0.05, 0) is 36.6 Å². The van der Waals surface area contributed by atoms with E-state index < -0.39 is 0 Å². The number of rotatable bonds is 3. The fourth-order valence-electron chi connectivity index (χ4n) is 1.46. The van der Waals surface area contributed by atoms with Crippen molar-refractivity contribution in [3.63, 3.8) is 0 Å². The molecule has 0 aliphatic heterocycles. The zero-order chi connectivity index (χ0) is 9.97. The second-order valence-corrected chi connectivity index (χ2v) is 3.11. The van der Waals surface area contributed by atoms with Gasteiger partial charge in [0.2, 0.25) is 0 Å². The lowest BCUT2D eigenvalue weighted by Crippen LogP contribution is -2.00. The number of nitrogens with zero attached hydrogens (tertiary/aromatic N) is 1. The average Bonchev–Trinajstić information content (AvgIpc) is 2.57. The molecule has 0 saturated heterocycles. The summed E-state index contributed by atoms with van der Waals surface area (Å²) in [7, 11) is 0. The molecule has 0 N–H and O–H groups in total. The molecular weight excluding hydrogens is 181 g/mol. The van der Waals surface area contributed by atoms with Gasteiger partial charge < -0.3 is 9.30 Å². The molecule has 0 radical (unpaired) electrons. The Morgan fingerprint density at radius 1 is 1.36 bits per heavy atom. The van der Waals surface area contributed by atoms with E-state index in [0.717, 1.165) is 10.9 Å². The summed E-state index contributed by atoms with van der Waals surface area (Å²) in [5.74, 6) is -0.214. The van der Waals surface area contributed by atoms with Gasteiger partial charge in [0.1, 0.15) is 12.5 Å². The molecular formula is C11H12FNO. The maximum Gasteiger partial charge on any atom is 0.125 e. The Hall–Kier alpha value is -1.35. The topological polar surface area (TPSA) is 14.2 Å². The number of benzene rings is 1. The standard InChI is InChI=1S/C11H12FNO/c1-2-14-8-13-6-5-9-3-4-10(12)7-11(9)13/h3-7H,2,8H2,1H3. The lowest BCUT2D eigenvalue weighted by molar-refractivity contribution is 0.0909. The van der Waals surface area contributed by atoms with Crippen molar-refractivity contribution in [2.45, 2.75) is 13.7 Å². The first kappa shape index (κ1) is 9.21. The second-order valence-electron chi connectivity index (χ2n) is 3.11. The zero-order valence-electron chi connectivity index (χ0n) is 8.03. The largest absolute Gasteiger partial charge is 0.361 e. The van der Waals surface area contributed by atoms with Crippen molar-refractivity contribution < 1.29 is 9.13 Å². The van der Waals surface area contributed by atoms with Crippen LogP contribution in [0.4, 0.5) is 4.39 Å². The van der Waals surface area contributed by atoms with Crippen LogP contribution in [0.25, 0.3) is 10.9 Å². The van der Waals surface area contributed by atoms with Crippen LogP contribution >= 0.6 is 0 Å². The lowest BCUT2D eigenvalue weighted by atomic mass is 10.2. The third kappa shape index (κ3) is 1.63. The molecule has 0 spiro atoms. The van der Waals surface area contributed by atoms with E-state index in [1.54, 1.807) is 6.07 Å².